The van der Waals surface area contributed by atoms with E-state index in [0.717, 1.165) is 18.5 Å². The highest BCUT2D eigenvalue weighted by atomic mass is 16.1. The van der Waals surface area contributed by atoms with Crippen molar-refractivity contribution in [1.29, 1.82) is 5.26 Å². The van der Waals surface area contributed by atoms with Crippen LogP contribution in [0.4, 0.5) is 11.4 Å². The highest BCUT2D eigenvalue weighted by Crippen LogP contribution is 2.22. The molecule has 1 fully saturated rings. The second-order valence-electron chi connectivity index (χ2n) is 5.73. The summed E-state index contributed by atoms with van der Waals surface area (Å²) in [5, 5.41) is 15.1. The summed E-state index contributed by atoms with van der Waals surface area (Å²) in [7, 11) is 0. The van der Waals surface area contributed by atoms with E-state index >= 15 is 0 Å². The molecule has 0 radical (unpaired) electrons. The van der Waals surface area contributed by atoms with Crippen LogP contribution in [0, 0.1) is 11.3 Å². The van der Waals surface area contributed by atoms with Gasteiger partial charge in [-0.3, -0.25) is 9.78 Å². The Kier molecular flexibility index (Phi) is 4.53. The average Bonchev–Trinajstić information content (AvgIpc) is 3.08. The Morgan fingerprint density at radius 1 is 1.17 bits per heavy atom. The Bertz CT molecular complexity index is 745. The fourth-order valence-electron chi connectivity index (χ4n) is 2.82. The summed E-state index contributed by atoms with van der Waals surface area (Å²) in [6, 6.07) is 11.2. The van der Waals surface area contributed by atoms with Crippen LogP contribution >= 0.6 is 0 Å². The zero-order valence-corrected chi connectivity index (χ0v) is 12.7. The lowest BCUT2D eigenvalue weighted by Crippen LogP contribution is -2.16. The molecule has 1 aromatic carbocycles. The van der Waals surface area contributed by atoms with Crippen LogP contribution in [0.5, 0.6) is 0 Å². The zero-order valence-electron chi connectivity index (χ0n) is 12.7. The van der Waals surface area contributed by atoms with Crippen molar-refractivity contribution >= 4 is 17.3 Å². The number of carbonyl (C=O) groups excluding carboxylic acids is 1. The second kappa shape index (κ2) is 6.93. The predicted octanol–water partition coefficient (Wildman–Crippen LogP) is 3.56. The maximum Gasteiger partial charge on any atom is 0.257 e. The number of nitrogens with zero attached hydrogens (tertiary/aromatic N) is 2. The van der Waals surface area contributed by atoms with Crippen molar-refractivity contribution < 1.29 is 4.79 Å². The highest BCUT2D eigenvalue weighted by Gasteiger charge is 2.15. The molecule has 2 N–H and O–H groups in total. The normalized spacial score (nSPS) is 14.2. The molecule has 1 aliphatic rings. The Hall–Kier alpha value is -2.87. The summed E-state index contributed by atoms with van der Waals surface area (Å²) < 4.78 is 0. The van der Waals surface area contributed by atoms with Gasteiger partial charge in [0.05, 0.1) is 22.9 Å². The van der Waals surface area contributed by atoms with Gasteiger partial charge in [0.2, 0.25) is 0 Å². The van der Waals surface area contributed by atoms with Gasteiger partial charge < -0.3 is 10.6 Å². The molecule has 1 aliphatic carbocycles. The quantitative estimate of drug-likeness (QED) is 0.905. The molecule has 1 saturated carbocycles. The van der Waals surface area contributed by atoms with Gasteiger partial charge in [-0.1, -0.05) is 18.9 Å². The van der Waals surface area contributed by atoms with Gasteiger partial charge >= 0.3 is 0 Å². The number of amides is 1. The number of hydrogen-bond donors (Lipinski definition) is 2. The molecule has 1 amide bonds. The monoisotopic (exact) mass is 306 g/mol. The van der Waals surface area contributed by atoms with Crippen LogP contribution in [-0.2, 0) is 0 Å². The van der Waals surface area contributed by atoms with Crippen molar-refractivity contribution in [3.8, 4) is 6.07 Å². The van der Waals surface area contributed by atoms with E-state index in [9.17, 15) is 4.79 Å². The van der Waals surface area contributed by atoms with Crippen LogP contribution in [0.1, 0.15) is 41.6 Å². The van der Waals surface area contributed by atoms with Crippen molar-refractivity contribution in [2.24, 2.45) is 0 Å². The molecule has 5 heteroatoms. The Labute approximate surface area is 135 Å². The van der Waals surface area contributed by atoms with Crippen LogP contribution in [-0.4, -0.2) is 16.9 Å². The zero-order chi connectivity index (χ0) is 16.1. The van der Waals surface area contributed by atoms with Crippen LogP contribution in [0.15, 0.2) is 42.7 Å². The number of benzene rings is 1. The van der Waals surface area contributed by atoms with Gasteiger partial charge in [0.15, 0.2) is 0 Å². The highest BCUT2D eigenvalue weighted by molar-refractivity contribution is 6.04. The molecule has 2 aromatic rings. The third kappa shape index (κ3) is 3.86. The summed E-state index contributed by atoms with van der Waals surface area (Å²) >= 11 is 0. The first-order valence-electron chi connectivity index (χ1n) is 7.78. The summed E-state index contributed by atoms with van der Waals surface area (Å²) in [6.07, 6.45) is 8.12. The van der Waals surface area contributed by atoms with Gasteiger partial charge in [-0.25, -0.2) is 0 Å². The van der Waals surface area contributed by atoms with Crippen molar-refractivity contribution in [3.63, 3.8) is 0 Å². The minimum atomic E-state index is -0.234. The minimum Gasteiger partial charge on any atom is -0.381 e. The van der Waals surface area contributed by atoms with Gasteiger partial charge in [-0.15, -0.1) is 0 Å². The van der Waals surface area contributed by atoms with E-state index in [-0.39, 0.29) is 5.91 Å². The molecule has 0 atom stereocenters. The molecule has 0 saturated heterocycles. The fraction of sp³-hybridized carbons (Fsp3) is 0.278. The lowest BCUT2D eigenvalue weighted by atomic mass is 10.2. The smallest absolute Gasteiger partial charge is 0.257 e. The first kappa shape index (κ1) is 15.0. The third-order valence-electron chi connectivity index (χ3n) is 3.98. The summed E-state index contributed by atoms with van der Waals surface area (Å²) in [5.41, 5.74) is 2.48. The molecule has 0 aliphatic heterocycles. The van der Waals surface area contributed by atoms with Crippen LogP contribution in [0.3, 0.4) is 0 Å². The number of anilines is 2. The minimum absolute atomic E-state index is 0.234. The van der Waals surface area contributed by atoms with Crippen LogP contribution in [0.2, 0.25) is 0 Å². The van der Waals surface area contributed by atoms with Crippen molar-refractivity contribution in [2.45, 2.75) is 31.7 Å². The molecule has 5 nitrogen and oxygen atoms in total. The van der Waals surface area contributed by atoms with Gasteiger partial charge in [0, 0.05) is 24.1 Å². The molecular weight excluding hydrogens is 288 g/mol. The molecule has 0 bridgehead atoms. The Morgan fingerprint density at radius 3 is 2.78 bits per heavy atom. The number of nitriles is 1. The molecular formula is C18H18N4O. The van der Waals surface area contributed by atoms with Crippen LogP contribution in [0.25, 0.3) is 0 Å². The van der Waals surface area contributed by atoms with E-state index in [2.05, 4.69) is 21.7 Å². The van der Waals surface area contributed by atoms with Gasteiger partial charge in [0.1, 0.15) is 0 Å². The lowest BCUT2D eigenvalue weighted by molar-refractivity contribution is 0.102. The Balaban J connectivity index is 1.70. The van der Waals surface area contributed by atoms with E-state index in [1.165, 1.54) is 12.8 Å². The number of pyridine rings is 1. The van der Waals surface area contributed by atoms with E-state index in [0.29, 0.717) is 22.9 Å². The molecule has 23 heavy (non-hydrogen) atoms. The molecule has 0 unspecified atom stereocenters. The largest absolute Gasteiger partial charge is 0.381 e. The van der Waals surface area contributed by atoms with Gasteiger partial charge in [-0.2, -0.15) is 5.26 Å². The van der Waals surface area contributed by atoms with E-state index in [1.54, 1.807) is 36.7 Å². The third-order valence-corrected chi connectivity index (χ3v) is 3.98. The molecule has 1 heterocycles. The number of hydrogen-bond acceptors (Lipinski definition) is 4. The molecule has 3 rings (SSSR count). The van der Waals surface area contributed by atoms with E-state index < -0.39 is 0 Å². The average molecular weight is 306 g/mol. The van der Waals surface area contributed by atoms with Crippen molar-refractivity contribution in [3.05, 3.63) is 53.9 Å². The maximum atomic E-state index is 12.3. The number of aromatic nitrogens is 1. The predicted molar refractivity (Wildman–Crippen MR) is 89.2 cm³/mol. The Morgan fingerprint density at radius 2 is 2.00 bits per heavy atom. The van der Waals surface area contributed by atoms with E-state index in [4.69, 9.17) is 5.26 Å². The first-order valence-corrected chi connectivity index (χ1v) is 7.78. The standard InChI is InChI=1S/C18H18N4O/c19-10-13-4-3-7-16(8-13)22-18(23)14-9-17(12-20-11-14)21-15-5-1-2-6-15/h3-4,7-9,11-12,15,21H,1-2,5-6H2,(H,22,23). The number of nitrogens with one attached hydrogen (secondary N) is 2. The van der Waals surface area contributed by atoms with Crippen LogP contribution < -0.4 is 10.6 Å². The summed E-state index contributed by atoms with van der Waals surface area (Å²) in [4.78, 5) is 16.5. The fourth-order valence-corrected chi connectivity index (χ4v) is 2.82. The first-order chi connectivity index (χ1) is 11.2. The molecule has 0 spiro atoms. The number of rotatable bonds is 4. The molecule has 116 valence electrons. The topological polar surface area (TPSA) is 77.8 Å². The van der Waals surface area contributed by atoms with Crippen molar-refractivity contribution in [1.82, 2.24) is 4.98 Å². The number of carbonyl (C=O) groups is 1. The van der Waals surface area contributed by atoms with Crippen molar-refractivity contribution in [2.75, 3.05) is 10.6 Å². The maximum absolute atomic E-state index is 12.3. The molecule has 1 aromatic heterocycles. The lowest BCUT2D eigenvalue weighted by Gasteiger charge is -2.13. The van der Waals surface area contributed by atoms with Gasteiger partial charge in [-0.05, 0) is 37.1 Å². The van der Waals surface area contributed by atoms with E-state index in [1.807, 2.05) is 6.07 Å². The SMILES string of the molecule is N#Cc1cccc(NC(=O)c2cncc(NC3CCCC3)c2)c1. The van der Waals surface area contributed by atoms with Gasteiger partial charge in [0.25, 0.3) is 5.91 Å². The second-order valence-corrected chi connectivity index (χ2v) is 5.73. The summed E-state index contributed by atoms with van der Waals surface area (Å²) in [6.45, 7) is 0. The summed E-state index contributed by atoms with van der Waals surface area (Å²) in [5.74, 6) is -0.234.